The quantitative estimate of drug-likeness (QED) is 0.856. The van der Waals surface area contributed by atoms with E-state index in [1.54, 1.807) is 24.3 Å². The van der Waals surface area contributed by atoms with Gasteiger partial charge >= 0.3 is 0 Å². The second-order valence-corrected chi connectivity index (χ2v) is 4.91. The lowest BCUT2D eigenvalue weighted by atomic mass is 9.85. The molecule has 0 spiro atoms. The van der Waals surface area contributed by atoms with E-state index in [4.69, 9.17) is 10.5 Å². The van der Waals surface area contributed by atoms with Crippen LogP contribution in [0.3, 0.4) is 0 Å². The Morgan fingerprint density at radius 2 is 1.71 bits per heavy atom. The van der Waals surface area contributed by atoms with Gasteiger partial charge in [-0.15, -0.1) is 0 Å². The van der Waals surface area contributed by atoms with Gasteiger partial charge in [0.25, 0.3) is 0 Å². The minimum Gasteiger partial charge on any atom is -0.491 e. The lowest BCUT2D eigenvalue weighted by molar-refractivity contribution is 0.109. The Hall–Kier alpha value is -1.09. The van der Waals surface area contributed by atoms with Gasteiger partial charge in [-0.1, -0.05) is 26.0 Å². The zero-order valence-corrected chi connectivity index (χ0v) is 11.0. The van der Waals surface area contributed by atoms with Crippen molar-refractivity contribution in [2.45, 2.75) is 39.5 Å². The molecule has 2 N–H and O–H groups in total. The third kappa shape index (κ3) is 3.19. The summed E-state index contributed by atoms with van der Waals surface area (Å²) in [6.45, 7) is 7.59. The normalized spacial score (nSPS) is 15.1. The summed E-state index contributed by atoms with van der Waals surface area (Å²) in [5.74, 6) is 0.608. The Balaban J connectivity index is 2.93. The van der Waals surface area contributed by atoms with Crippen molar-refractivity contribution >= 4 is 0 Å². The molecule has 0 heterocycles. The van der Waals surface area contributed by atoms with Crippen molar-refractivity contribution in [3.05, 3.63) is 29.8 Å². The van der Waals surface area contributed by atoms with E-state index in [1.165, 1.54) is 0 Å². The smallest absolute Gasteiger partial charge is 0.150 e. The molecular formula is C14H22FNO. The molecule has 1 unspecified atom stereocenters. The molecule has 96 valence electrons. The van der Waals surface area contributed by atoms with E-state index >= 15 is 0 Å². The third-order valence-corrected chi connectivity index (χ3v) is 2.92. The van der Waals surface area contributed by atoms with Crippen LogP contribution in [0, 0.1) is 5.92 Å². The fourth-order valence-electron chi connectivity index (χ4n) is 1.77. The van der Waals surface area contributed by atoms with Gasteiger partial charge in [0.1, 0.15) is 11.4 Å². The molecule has 0 saturated heterocycles. The van der Waals surface area contributed by atoms with Gasteiger partial charge in [-0.3, -0.25) is 0 Å². The minimum atomic E-state index is -1.46. The maximum absolute atomic E-state index is 14.6. The zero-order chi connectivity index (χ0) is 13.1. The van der Waals surface area contributed by atoms with E-state index in [0.29, 0.717) is 5.56 Å². The summed E-state index contributed by atoms with van der Waals surface area (Å²) in [4.78, 5) is 0. The molecule has 1 aromatic rings. The van der Waals surface area contributed by atoms with Crippen LogP contribution < -0.4 is 10.5 Å². The van der Waals surface area contributed by atoms with Crippen LogP contribution in [-0.4, -0.2) is 12.6 Å². The second kappa shape index (κ2) is 5.50. The van der Waals surface area contributed by atoms with E-state index in [1.807, 2.05) is 27.7 Å². The summed E-state index contributed by atoms with van der Waals surface area (Å²) in [5.41, 5.74) is 4.71. The highest BCUT2D eigenvalue weighted by molar-refractivity contribution is 5.31. The molecule has 0 amide bonds. The number of alkyl halides is 1. The first-order valence-corrected chi connectivity index (χ1v) is 6.06. The Bertz CT molecular complexity index is 348. The van der Waals surface area contributed by atoms with Crippen LogP contribution in [0.5, 0.6) is 5.75 Å². The van der Waals surface area contributed by atoms with Crippen LogP contribution in [-0.2, 0) is 5.67 Å². The fraction of sp³-hybridized carbons (Fsp3) is 0.571. The summed E-state index contributed by atoms with van der Waals surface area (Å²) in [5, 5.41) is 0. The second-order valence-electron chi connectivity index (χ2n) is 4.91. The standard InChI is InChI=1S/C14H22FNO/c1-10(2)14(15,9-16)12-5-7-13(8-6-12)17-11(3)4/h5-8,10-11H,9,16H2,1-4H3. The molecule has 0 saturated carbocycles. The molecule has 0 fully saturated rings. The lowest BCUT2D eigenvalue weighted by Gasteiger charge is -2.28. The zero-order valence-electron chi connectivity index (χ0n) is 11.0. The van der Waals surface area contributed by atoms with Crippen LogP contribution in [0.25, 0.3) is 0 Å². The first kappa shape index (κ1) is 14.0. The van der Waals surface area contributed by atoms with Crippen molar-refractivity contribution in [3.63, 3.8) is 0 Å². The van der Waals surface area contributed by atoms with E-state index in [0.717, 1.165) is 5.75 Å². The van der Waals surface area contributed by atoms with Crippen molar-refractivity contribution < 1.29 is 9.13 Å². The van der Waals surface area contributed by atoms with Gasteiger partial charge in [0.05, 0.1) is 6.10 Å². The molecule has 3 heteroatoms. The Labute approximate surface area is 103 Å². The highest BCUT2D eigenvalue weighted by Crippen LogP contribution is 2.33. The molecule has 0 bridgehead atoms. The minimum absolute atomic E-state index is 0.00491. The van der Waals surface area contributed by atoms with Crippen molar-refractivity contribution in [2.24, 2.45) is 11.7 Å². The number of rotatable bonds is 5. The first-order chi connectivity index (χ1) is 7.90. The fourth-order valence-corrected chi connectivity index (χ4v) is 1.77. The van der Waals surface area contributed by atoms with Crippen LogP contribution in [0.2, 0.25) is 0 Å². The highest BCUT2D eigenvalue weighted by Gasteiger charge is 2.34. The van der Waals surface area contributed by atoms with Gasteiger partial charge in [-0.25, -0.2) is 4.39 Å². The Morgan fingerprint density at radius 3 is 2.06 bits per heavy atom. The van der Waals surface area contributed by atoms with Gasteiger partial charge < -0.3 is 10.5 Å². The van der Waals surface area contributed by atoms with Gasteiger partial charge in [-0.05, 0) is 37.5 Å². The number of hydrogen-bond acceptors (Lipinski definition) is 2. The maximum atomic E-state index is 14.6. The molecule has 0 aliphatic carbocycles. The van der Waals surface area contributed by atoms with Crippen LogP contribution >= 0.6 is 0 Å². The van der Waals surface area contributed by atoms with E-state index < -0.39 is 5.67 Å². The molecule has 0 aliphatic rings. The molecule has 1 atom stereocenters. The number of benzene rings is 1. The predicted octanol–water partition coefficient (Wildman–Crippen LogP) is 3.25. The van der Waals surface area contributed by atoms with Crippen molar-refractivity contribution in [2.75, 3.05) is 6.54 Å². The van der Waals surface area contributed by atoms with Crippen molar-refractivity contribution in [3.8, 4) is 5.75 Å². The topological polar surface area (TPSA) is 35.2 Å². The maximum Gasteiger partial charge on any atom is 0.150 e. The number of ether oxygens (including phenoxy) is 1. The van der Waals surface area contributed by atoms with Crippen LogP contribution in [0.1, 0.15) is 33.3 Å². The summed E-state index contributed by atoms with van der Waals surface area (Å²) < 4.78 is 20.1. The van der Waals surface area contributed by atoms with E-state index in [-0.39, 0.29) is 18.6 Å². The van der Waals surface area contributed by atoms with Gasteiger partial charge in [0, 0.05) is 6.54 Å². The van der Waals surface area contributed by atoms with Gasteiger partial charge in [-0.2, -0.15) is 0 Å². The molecule has 0 aromatic heterocycles. The molecule has 1 aromatic carbocycles. The van der Waals surface area contributed by atoms with E-state index in [9.17, 15) is 4.39 Å². The monoisotopic (exact) mass is 239 g/mol. The average molecular weight is 239 g/mol. The Morgan fingerprint density at radius 1 is 1.18 bits per heavy atom. The molecule has 0 radical (unpaired) electrons. The van der Waals surface area contributed by atoms with Crippen molar-refractivity contribution in [1.29, 1.82) is 0 Å². The summed E-state index contributed by atoms with van der Waals surface area (Å²) >= 11 is 0. The summed E-state index contributed by atoms with van der Waals surface area (Å²) in [6, 6.07) is 7.10. The first-order valence-electron chi connectivity index (χ1n) is 6.06. The van der Waals surface area contributed by atoms with Crippen LogP contribution in [0.4, 0.5) is 4.39 Å². The average Bonchev–Trinajstić information content (AvgIpc) is 2.28. The predicted molar refractivity (Wildman–Crippen MR) is 68.9 cm³/mol. The third-order valence-electron chi connectivity index (χ3n) is 2.92. The summed E-state index contributed by atoms with van der Waals surface area (Å²) in [7, 11) is 0. The largest absolute Gasteiger partial charge is 0.491 e. The number of nitrogens with two attached hydrogens (primary N) is 1. The number of hydrogen-bond donors (Lipinski definition) is 1. The van der Waals surface area contributed by atoms with Crippen molar-refractivity contribution in [1.82, 2.24) is 0 Å². The van der Waals surface area contributed by atoms with Crippen LogP contribution in [0.15, 0.2) is 24.3 Å². The Kier molecular flexibility index (Phi) is 4.52. The highest BCUT2D eigenvalue weighted by atomic mass is 19.1. The van der Waals surface area contributed by atoms with Gasteiger partial charge in [0.15, 0.2) is 0 Å². The SMILES string of the molecule is CC(C)Oc1ccc(C(F)(CN)C(C)C)cc1. The molecule has 0 aliphatic heterocycles. The van der Waals surface area contributed by atoms with E-state index in [2.05, 4.69) is 0 Å². The molecule has 2 nitrogen and oxygen atoms in total. The molecule has 1 rings (SSSR count). The van der Waals surface area contributed by atoms with Gasteiger partial charge in [0.2, 0.25) is 0 Å². The lowest BCUT2D eigenvalue weighted by Crippen LogP contribution is -2.35. The molecule has 17 heavy (non-hydrogen) atoms. The summed E-state index contributed by atoms with van der Waals surface area (Å²) in [6.07, 6.45) is 0.121. The molecular weight excluding hydrogens is 217 g/mol. The number of halogens is 1.